The average Bonchev–Trinajstić information content (AvgIpc) is 2.78. The first-order chi connectivity index (χ1) is 15.3. The van der Waals surface area contributed by atoms with Gasteiger partial charge in [-0.25, -0.2) is 4.39 Å². The molecule has 1 saturated heterocycles. The summed E-state index contributed by atoms with van der Waals surface area (Å²) >= 11 is 0. The molecule has 3 nitrogen and oxygen atoms in total. The van der Waals surface area contributed by atoms with Crippen LogP contribution in [-0.4, -0.2) is 25.4 Å². The molecule has 1 fully saturated rings. The molecule has 0 spiro atoms. The van der Waals surface area contributed by atoms with Crippen LogP contribution in [0.5, 0.6) is 11.5 Å². The van der Waals surface area contributed by atoms with Crippen molar-refractivity contribution in [3.8, 4) is 11.5 Å². The highest BCUT2D eigenvalue weighted by atomic mass is 19.3. The quantitative estimate of drug-likeness (QED) is 0.281. The number of benzene rings is 2. The number of rotatable bonds is 10. The van der Waals surface area contributed by atoms with Crippen molar-refractivity contribution in [1.82, 2.24) is 0 Å². The van der Waals surface area contributed by atoms with E-state index in [4.69, 9.17) is 14.2 Å². The third kappa shape index (κ3) is 6.61. The van der Waals surface area contributed by atoms with Crippen LogP contribution in [0.25, 0.3) is 0 Å². The molecule has 0 radical (unpaired) electrons. The molecule has 0 aliphatic carbocycles. The lowest BCUT2D eigenvalue weighted by atomic mass is 9.90. The molecule has 0 N–H and O–H groups in total. The van der Waals surface area contributed by atoms with Gasteiger partial charge in [0.05, 0.1) is 12.7 Å². The summed E-state index contributed by atoms with van der Waals surface area (Å²) in [6.07, 6.45) is 3.27. The minimum Gasteiger partial charge on any atom is -0.480 e. The molecule has 3 rings (SSSR count). The second-order valence-corrected chi connectivity index (χ2v) is 8.33. The van der Waals surface area contributed by atoms with E-state index < -0.39 is 30.1 Å². The summed E-state index contributed by atoms with van der Waals surface area (Å²) in [5.74, 6) is -2.81. The number of alkyl halides is 2. The van der Waals surface area contributed by atoms with Crippen LogP contribution in [0.1, 0.15) is 62.5 Å². The van der Waals surface area contributed by atoms with E-state index in [1.807, 2.05) is 0 Å². The Bertz CT molecular complexity index is 862. The molecular weight excluding hydrogens is 424 g/mol. The highest BCUT2D eigenvalue weighted by Crippen LogP contribution is 2.32. The molecule has 1 heterocycles. The lowest BCUT2D eigenvalue weighted by Gasteiger charge is -2.29. The Morgan fingerprint density at radius 1 is 1.00 bits per heavy atom. The second-order valence-electron chi connectivity index (χ2n) is 8.33. The zero-order chi connectivity index (χ0) is 23.1. The Hall–Kier alpha value is -2.28. The topological polar surface area (TPSA) is 27.7 Å². The molecule has 0 amide bonds. The first kappa shape index (κ1) is 24.4. The molecule has 32 heavy (non-hydrogen) atoms. The lowest BCUT2D eigenvalue weighted by Crippen LogP contribution is -2.32. The molecule has 1 aliphatic heterocycles. The van der Waals surface area contributed by atoms with E-state index in [0.29, 0.717) is 12.7 Å². The van der Waals surface area contributed by atoms with Crippen molar-refractivity contribution in [3.05, 3.63) is 59.2 Å². The van der Waals surface area contributed by atoms with Gasteiger partial charge in [0.15, 0.2) is 18.2 Å². The maximum atomic E-state index is 14.1. The first-order valence-corrected chi connectivity index (χ1v) is 11.1. The Balaban J connectivity index is 1.50. The van der Waals surface area contributed by atoms with Crippen molar-refractivity contribution in [3.63, 3.8) is 0 Å². The van der Waals surface area contributed by atoms with Crippen LogP contribution in [0.3, 0.4) is 0 Å². The van der Waals surface area contributed by atoms with E-state index in [-0.39, 0.29) is 17.2 Å². The minimum absolute atomic E-state index is 0.0351. The fraction of sp³-hybridized carbons (Fsp3) is 0.520. The van der Waals surface area contributed by atoms with Crippen molar-refractivity contribution in [2.75, 3.05) is 13.2 Å². The fourth-order valence-corrected chi connectivity index (χ4v) is 3.83. The van der Waals surface area contributed by atoms with E-state index in [9.17, 15) is 17.6 Å². The van der Waals surface area contributed by atoms with Crippen molar-refractivity contribution in [2.24, 2.45) is 0 Å². The maximum Gasteiger partial charge on any atom is 0.432 e. The van der Waals surface area contributed by atoms with Crippen LogP contribution in [0.2, 0.25) is 0 Å². The molecule has 7 heteroatoms. The predicted molar refractivity (Wildman–Crippen MR) is 114 cm³/mol. The summed E-state index contributed by atoms with van der Waals surface area (Å²) in [5.41, 5.74) is 1.08. The van der Waals surface area contributed by atoms with Crippen LogP contribution in [-0.2, 0) is 4.74 Å². The molecule has 1 aliphatic rings. The number of hydrogen-bond acceptors (Lipinski definition) is 3. The zero-order valence-corrected chi connectivity index (χ0v) is 18.5. The molecule has 176 valence electrons. The third-order valence-corrected chi connectivity index (χ3v) is 5.75. The molecule has 0 saturated carbocycles. The molecular formula is C25H30F4O3. The van der Waals surface area contributed by atoms with E-state index in [0.717, 1.165) is 30.9 Å². The third-order valence-electron chi connectivity index (χ3n) is 5.75. The van der Waals surface area contributed by atoms with Crippen LogP contribution >= 0.6 is 0 Å². The molecule has 0 bridgehead atoms. The van der Waals surface area contributed by atoms with Gasteiger partial charge in [-0.3, -0.25) is 0 Å². The number of halogens is 4. The van der Waals surface area contributed by atoms with E-state index in [1.165, 1.54) is 44.4 Å². The van der Waals surface area contributed by atoms with Gasteiger partial charge in [0, 0.05) is 5.92 Å². The van der Waals surface area contributed by atoms with E-state index in [1.54, 1.807) is 12.1 Å². The van der Waals surface area contributed by atoms with Gasteiger partial charge >= 0.3 is 6.11 Å². The number of ether oxygens (including phenoxy) is 3. The molecule has 2 atom stereocenters. The summed E-state index contributed by atoms with van der Waals surface area (Å²) in [6.45, 7) is 2.93. The largest absolute Gasteiger partial charge is 0.480 e. The Labute approximate surface area is 186 Å². The van der Waals surface area contributed by atoms with Crippen molar-refractivity contribution in [1.29, 1.82) is 0 Å². The van der Waals surface area contributed by atoms with Gasteiger partial charge in [0.1, 0.15) is 5.75 Å². The van der Waals surface area contributed by atoms with E-state index in [2.05, 4.69) is 6.92 Å². The smallest absolute Gasteiger partial charge is 0.432 e. The highest BCUT2D eigenvalue weighted by Gasteiger charge is 2.34. The molecule has 2 aromatic carbocycles. The minimum atomic E-state index is -3.71. The maximum absolute atomic E-state index is 14.1. The van der Waals surface area contributed by atoms with Crippen LogP contribution in [0.4, 0.5) is 17.6 Å². The average molecular weight is 455 g/mol. The SMILES string of the molecule is CCCCCC1CCC(c2ccc(OC(F)(F)COc3ccc(C)c(F)c3F)cc2)CO1. The number of aryl methyl sites for hydroxylation is 1. The monoisotopic (exact) mass is 454 g/mol. The van der Waals surface area contributed by atoms with E-state index >= 15 is 0 Å². The Kier molecular flexibility index (Phi) is 8.40. The van der Waals surface area contributed by atoms with Gasteiger partial charge in [-0.05, 0) is 55.5 Å². The normalized spacial score (nSPS) is 19.1. The number of hydrogen-bond donors (Lipinski definition) is 0. The standard InChI is InChI=1S/C25H30F4O3/c1-3-4-5-6-20-11-10-19(15-30-20)18-8-12-21(13-9-18)32-25(28,29)16-31-22-14-7-17(2)23(26)24(22)27/h7-9,12-14,19-20H,3-6,10-11,15-16H2,1-2H3. The summed E-state index contributed by atoms with van der Waals surface area (Å²) in [4.78, 5) is 0. The van der Waals surface area contributed by atoms with Crippen molar-refractivity contribution in [2.45, 2.75) is 70.5 Å². The van der Waals surface area contributed by atoms with Gasteiger partial charge < -0.3 is 14.2 Å². The van der Waals surface area contributed by atoms with Crippen LogP contribution in [0, 0.1) is 18.6 Å². The van der Waals surface area contributed by atoms with Crippen LogP contribution < -0.4 is 9.47 Å². The molecule has 0 aromatic heterocycles. The molecule has 2 aromatic rings. The molecule has 2 unspecified atom stereocenters. The highest BCUT2D eigenvalue weighted by molar-refractivity contribution is 5.31. The lowest BCUT2D eigenvalue weighted by molar-refractivity contribution is -0.195. The van der Waals surface area contributed by atoms with Gasteiger partial charge in [0.2, 0.25) is 5.82 Å². The first-order valence-electron chi connectivity index (χ1n) is 11.1. The second kappa shape index (κ2) is 11.0. The van der Waals surface area contributed by atoms with Crippen LogP contribution in [0.15, 0.2) is 36.4 Å². The van der Waals surface area contributed by atoms with Crippen molar-refractivity contribution < 1.29 is 31.8 Å². The Morgan fingerprint density at radius 2 is 1.75 bits per heavy atom. The number of unbranched alkanes of at least 4 members (excludes halogenated alkanes) is 2. The predicted octanol–water partition coefficient (Wildman–Crippen LogP) is 7.17. The zero-order valence-electron chi connectivity index (χ0n) is 18.5. The Morgan fingerprint density at radius 3 is 2.41 bits per heavy atom. The van der Waals surface area contributed by atoms with Gasteiger partial charge in [-0.2, -0.15) is 13.2 Å². The summed E-state index contributed by atoms with van der Waals surface area (Å²) in [5, 5.41) is 0. The summed E-state index contributed by atoms with van der Waals surface area (Å²) < 4.78 is 71.1. The summed E-state index contributed by atoms with van der Waals surface area (Å²) in [7, 11) is 0. The van der Waals surface area contributed by atoms with Gasteiger partial charge in [-0.1, -0.05) is 44.4 Å². The summed E-state index contributed by atoms with van der Waals surface area (Å²) in [6, 6.07) is 8.83. The fourth-order valence-electron chi connectivity index (χ4n) is 3.83. The van der Waals surface area contributed by atoms with Crippen molar-refractivity contribution >= 4 is 0 Å². The van der Waals surface area contributed by atoms with Gasteiger partial charge in [0.25, 0.3) is 0 Å². The van der Waals surface area contributed by atoms with Gasteiger partial charge in [-0.15, -0.1) is 0 Å².